The van der Waals surface area contributed by atoms with Gasteiger partial charge in [-0.1, -0.05) is 19.6 Å². The standard InChI is InChI=1S/C19H31N3O6SSi/c1-5-28-17(23)7-6-16-14-22(15-27-10-13-30(2,3)4)19(24)18(20-16)21-8-11-29(25,26)12-9-21/h6-7,14H,5,8-13,15H2,1-4H3/b7-6+. The van der Waals surface area contributed by atoms with Crippen LogP contribution in [0.4, 0.5) is 5.82 Å². The molecule has 9 nitrogen and oxygen atoms in total. The molecule has 1 aromatic rings. The van der Waals surface area contributed by atoms with Crippen molar-refractivity contribution in [3.8, 4) is 0 Å². The van der Waals surface area contributed by atoms with Crippen LogP contribution in [0.5, 0.6) is 0 Å². The Morgan fingerprint density at radius 2 is 1.93 bits per heavy atom. The van der Waals surface area contributed by atoms with Crippen molar-refractivity contribution in [2.75, 3.05) is 42.7 Å². The number of hydrogen-bond donors (Lipinski definition) is 0. The van der Waals surface area contributed by atoms with Gasteiger partial charge in [0.25, 0.3) is 5.56 Å². The van der Waals surface area contributed by atoms with E-state index >= 15 is 0 Å². The molecule has 11 heteroatoms. The zero-order valence-electron chi connectivity index (χ0n) is 18.1. The van der Waals surface area contributed by atoms with Crippen LogP contribution in [0, 0.1) is 0 Å². The number of rotatable bonds is 9. The number of nitrogens with zero attached hydrogens (tertiary/aromatic N) is 3. The summed E-state index contributed by atoms with van der Waals surface area (Å²) in [4.78, 5) is 30.6. The number of esters is 1. The minimum atomic E-state index is -3.09. The largest absolute Gasteiger partial charge is 0.463 e. The van der Waals surface area contributed by atoms with E-state index in [-0.39, 0.29) is 49.3 Å². The van der Waals surface area contributed by atoms with Gasteiger partial charge < -0.3 is 14.4 Å². The van der Waals surface area contributed by atoms with Crippen molar-refractivity contribution in [1.82, 2.24) is 9.55 Å². The van der Waals surface area contributed by atoms with Crippen LogP contribution in [0.3, 0.4) is 0 Å². The van der Waals surface area contributed by atoms with Crippen LogP contribution >= 0.6 is 0 Å². The first kappa shape index (κ1) is 24.3. The van der Waals surface area contributed by atoms with Gasteiger partial charge in [-0.05, 0) is 19.0 Å². The zero-order chi connectivity index (χ0) is 22.4. The van der Waals surface area contributed by atoms with Crippen molar-refractivity contribution in [3.63, 3.8) is 0 Å². The predicted molar refractivity (Wildman–Crippen MR) is 119 cm³/mol. The Labute approximate surface area is 178 Å². The van der Waals surface area contributed by atoms with Crippen molar-refractivity contribution in [2.45, 2.75) is 39.3 Å². The molecule has 30 heavy (non-hydrogen) atoms. The molecule has 0 N–H and O–H groups in total. The van der Waals surface area contributed by atoms with E-state index in [1.54, 1.807) is 11.8 Å². The molecule has 1 aliphatic rings. The average molecular weight is 458 g/mol. The predicted octanol–water partition coefficient (Wildman–Crippen LogP) is 1.37. The lowest BCUT2D eigenvalue weighted by Gasteiger charge is -2.27. The number of ether oxygens (including phenoxy) is 2. The van der Waals surface area contributed by atoms with Crippen LogP contribution in [0.1, 0.15) is 12.6 Å². The third-order valence-corrected chi connectivity index (χ3v) is 7.84. The van der Waals surface area contributed by atoms with Crippen LogP contribution in [0.25, 0.3) is 6.08 Å². The van der Waals surface area contributed by atoms with Gasteiger partial charge in [-0.2, -0.15) is 0 Å². The number of carbonyl (C=O) groups is 1. The Hall–Kier alpha value is -1.98. The van der Waals surface area contributed by atoms with Crippen molar-refractivity contribution in [3.05, 3.63) is 28.3 Å². The summed E-state index contributed by atoms with van der Waals surface area (Å²) in [5, 5.41) is 0. The summed E-state index contributed by atoms with van der Waals surface area (Å²) in [5.74, 6) is -0.397. The van der Waals surface area contributed by atoms with Crippen LogP contribution in [0.15, 0.2) is 17.1 Å². The van der Waals surface area contributed by atoms with Gasteiger partial charge in [0.1, 0.15) is 6.73 Å². The van der Waals surface area contributed by atoms with Crippen LogP contribution in [-0.4, -0.2) is 69.8 Å². The van der Waals surface area contributed by atoms with Crippen molar-refractivity contribution >= 4 is 35.8 Å². The SMILES string of the molecule is CCOC(=O)/C=C/c1cn(COCC[Si](C)(C)C)c(=O)c(N2CCS(=O)(=O)CC2)n1. The normalized spacial score (nSPS) is 16.7. The third-order valence-electron chi connectivity index (χ3n) is 4.52. The smallest absolute Gasteiger partial charge is 0.330 e. The molecule has 2 heterocycles. The van der Waals surface area contributed by atoms with Crippen LogP contribution in [-0.2, 0) is 30.8 Å². The first-order valence-electron chi connectivity index (χ1n) is 10.0. The lowest BCUT2D eigenvalue weighted by Crippen LogP contribution is -2.44. The maximum absolute atomic E-state index is 12.9. The highest BCUT2D eigenvalue weighted by Crippen LogP contribution is 2.13. The second-order valence-corrected chi connectivity index (χ2v) is 16.3. The number of sulfone groups is 1. The fraction of sp³-hybridized carbons (Fsp3) is 0.632. The molecule has 1 aliphatic heterocycles. The lowest BCUT2D eigenvalue weighted by atomic mass is 10.3. The molecular weight excluding hydrogens is 426 g/mol. The average Bonchev–Trinajstić information content (AvgIpc) is 2.65. The molecule has 0 aliphatic carbocycles. The molecule has 0 atom stereocenters. The van der Waals surface area contributed by atoms with Gasteiger partial charge in [-0.15, -0.1) is 0 Å². The van der Waals surface area contributed by atoms with E-state index in [4.69, 9.17) is 9.47 Å². The van der Waals surface area contributed by atoms with Gasteiger partial charge in [0.2, 0.25) is 0 Å². The minimum Gasteiger partial charge on any atom is -0.463 e. The Kier molecular flexibility index (Phi) is 8.39. The second-order valence-electron chi connectivity index (χ2n) is 8.34. The number of carbonyl (C=O) groups excluding carboxylic acids is 1. The Morgan fingerprint density at radius 1 is 1.27 bits per heavy atom. The molecule has 0 bridgehead atoms. The fourth-order valence-corrected chi connectivity index (χ4v) is 4.70. The summed E-state index contributed by atoms with van der Waals surface area (Å²) in [5.41, 5.74) is 0.0375. The first-order chi connectivity index (χ1) is 14.0. The monoisotopic (exact) mass is 457 g/mol. The molecule has 0 radical (unpaired) electrons. The van der Waals surface area contributed by atoms with E-state index in [0.29, 0.717) is 12.3 Å². The molecular formula is C19H31N3O6SSi. The highest BCUT2D eigenvalue weighted by atomic mass is 32.2. The maximum atomic E-state index is 12.9. The third kappa shape index (κ3) is 7.69. The van der Waals surface area contributed by atoms with E-state index in [1.807, 2.05) is 0 Å². The van der Waals surface area contributed by atoms with Crippen molar-refractivity contribution in [1.29, 1.82) is 0 Å². The van der Waals surface area contributed by atoms with Gasteiger partial charge in [-0.25, -0.2) is 18.2 Å². The molecule has 0 unspecified atom stereocenters. The molecule has 0 saturated carbocycles. The molecule has 2 rings (SSSR count). The van der Waals surface area contributed by atoms with Crippen LogP contribution < -0.4 is 10.5 Å². The second kappa shape index (κ2) is 10.4. The van der Waals surface area contributed by atoms with Crippen molar-refractivity contribution in [2.24, 2.45) is 0 Å². The molecule has 1 aromatic heterocycles. The highest BCUT2D eigenvalue weighted by molar-refractivity contribution is 7.91. The van der Waals surface area contributed by atoms with Crippen LogP contribution in [0.2, 0.25) is 25.7 Å². The topological polar surface area (TPSA) is 108 Å². The van der Waals surface area contributed by atoms with E-state index < -0.39 is 23.9 Å². The quantitative estimate of drug-likeness (QED) is 0.237. The molecule has 0 amide bonds. The van der Waals surface area contributed by atoms with Gasteiger partial charge in [0.05, 0.1) is 23.8 Å². The zero-order valence-corrected chi connectivity index (χ0v) is 19.9. The van der Waals surface area contributed by atoms with E-state index in [0.717, 1.165) is 6.04 Å². The summed E-state index contributed by atoms with van der Waals surface area (Å²) >= 11 is 0. The number of anilines is 1. The Bertz CT molecular complexity index is 923. The summed E-state index contributed by atoms with van der Waals surface area (Å²) in [7, 11) is -4.35. The Morgan fingerprint density at radius 3 is 2.53 bits per heavy atom. The molecule has 1 fully saturated rings. The number of hydrogen-bond acceptors (Lipinski definition) is 8. The van der Waals surface area contributed by atoms with Gasteiger partial charge >= 0.3 is 5.97 Å². The summed E-state index contributed by atoms with van der Waals surface area (Å²) < 4.78 is 35.5. The van der Waals surface area contributed by atoms with Crippen molar-refractivity contribution < 1.29 is 22.7 Å². The van der Waals surface area contributed by atoms with Gasteiger partial charge in [0, 0.05) is 40.0 Å². The minimum absolute atomic E-state index is 0.0241. The van der Waals surface area contributed by atoms with Gasteiger partial charge in [-0.3, -0.25) is 9.36 Å². The summed E-state index contributed by atoms with van der Waals surface area (Å²) in [6, 6.07) is 0.972. The maximum Gasteiger partial charge on any atom is 0.330 e. The van der Waals surface area contributed by atoms with E-state index in [2.05, 4.69) is 24.6 Å². The Balaban J connectivity index is 2.26. The molecule has 168 valence electrons. The fourth-order valence-electron chi connectivity index (χ4n) is 2.74. The first-order valence-corrected chi connectivity index (χ1v) is 15.5. The van der Waals surface area contributed by atoms with Gasteiger partial charge in [0.15, 0.2) is 15.7 Å². The number of aromatic nitrogens is 2. The highest BCUT2D eigenvalue weighted by Gasteiger charge is 2.25. The molecule has 0 spiro atoms. The molecule has 1 saturated heterocycles. The molecule has 0 aromatic carbocycles. The lowest BCUT2D eigenvalue weighted by molar-refractivity contribution is -0.137. The van der Waals surface area contributed by atoms with E-state index in [9.17, 15) is 18.0 Å². The summed E-state index contributed by atoms with van der Waals surface area (Å²) in [6.45, 7) is 9.72. The summed E-state index contributed by atoms with van der Waals surface area (Å²) in [6.07, 6.45) is 4.24. The van der Waals surface area contributed by atoms with E-state index in [1.165, 1.54) is 22.9 Å².